The first kappa shape index (κ1) is 17.2. The molecule has 0 unspecified atom stereocenters. The van der Waals surface area contributed by atoms with Crippen LogP contribution in [0, 0.1) is 23.5 Å². The summed E-state index contributed by atoms with van der Waals surface area (Å²) in [6.45, 7) is 2.16. The molecular weight excluding hydrogens is 336 g/mol. The summed E-state index contributed by atoms with van der Waals surface area (Å²) in [6, 6.07) is 8.07. The smallest absolute Gasteiger partial charge is 0.143 e. The fourth-order valence-electron chi connectivity index (χ4n) is 2.84. The van der Waals surface area contributed by atoms with Gasteiger partial charge in [0, 0.05) is 17.7 Å². The van der Waals surface area contributed by atoms with Gasteiger partial charge in [0.1, 0.15) is 11.6 Å². The minimum Gasteiger partial charge on any atom is -0.205 e. The Morgan fingerprint density at radius 3 is 2.52 bits per heavy atom. The molecule has 2 aromatic rings. The third-order valence-electron chi connectivity index (χ3n) is 4.21. The Kier molecular flexibility index (Phi) is 5.19. The maximum Gasteiger partial charge on any atom is 0.143 e. The van der Waals surface area contributed by atoms with Gasteiger partial charge in [-0.25, -0.2) is 8.78 Å². The molecule has 0 aliphatic heterocycles. The summed E-state index contributed by atoms with van der Waals surface area (Å²) in [5, 5.41) is 2.09. The van der Waals surface area contributed by atoms with E-state index >= 15 is 0 Å². The Balaban J connectivity index is 1.93. The highest BCUT2D eigenvalue weighted by atomic mass is 32.1. The first-order chi connectivity index (χ1) is 12.1. The van der Waals surface area contributed by atoms with Crippen LogP contribution in [0.15, 0.2) is 40.9 Å². The first-order valence-electron chi connectivity index (χ1n) is 8.02. The summed E-state index contributed by atoms with van der Waals surface area (Å²) in [4.78, 5) is 3.58. The van der Waals surface area contributed by atoms with E-state index in [9.17, 15) is 8.78 Å². The number of isothiocyanates is 1. The summed E-state index contributed by atoms with van der Waals surface area (Å²) in [7, 11) is 0. The van der Waals surface area contributed by atoms with E-state index in [0.717, 1.165) is 37.0 Å². The summed E-state index contributed by atoms with van der Waals surface area (Å²) in [5.74, 6) is 3.92. The number of hydrogen-bond donors (Lipinski definition) is 0. The number of rotatable bonds is 2. The van der Waals surface area contributed by atoms with Crippen LogP contribution in [0.1, 0.15) is 42.0 Å². The van der Waals surface area contributed by atoms with E-state index in [0.29, 0.717) is 0 Å². The maximum atomic E-state index is 14.0. The molecule has 1 aliphatic carbocycles. The van der Waals surface area contributed by atoms with E-state index in [1.165, 1.54) is 16.7 Å². The number of allylic oxidation sites excluding steroid dienone is 1. The molecule has 1 aliphatic rings. The van der Waals surface area contributed by atoms with Gasteiger partial charge in [-0.2, -0.15) is 4.99 Å². The molecule has 0 radical (unpaired) electrons. The number of aliphatic imine (C=N–C) groups is 1. The Bertz CT molecular complexity index is 950. The molecule has 1 nitrogen and oxygen atoms in total. The van der Waals surface area contributed by atoms with Crippen LogP contribution in [0.3, 0.4) is 0 Å². The van der Waals surface area contributed by atoms with Gasteiger partial charge in [-0.1, -0.05) is 36.5 Å². The van der Waals surface area contributed by atoms with Crippen molar-refractivity contribution in [3.05, 3.63) is 69.8 Å². The molecule has 4 heteroatoms. The highest BCUT2D eigenvalue weighted by molar-refractivity contribution is 7.78. The Hall–Kier alpha value is -2.60. The molecule has 0 spiro atoms. The zero-order valence-corrected chi connectivity index (χ0v) is 14.5. The number of benzene rings is 2. The van der Waals surface area contributed by atoms with E-state index in [1.807, 2.05) is 18.2 Å². The second kappa shape index (κ2) is 7.53. The van der Waals surface area contributed by atoms with E-state index in [1.54, 1.807) is 0 Å². The van der Waals surface area contributed by atoms with Gasteiger partial charge in [-0.3, -0.25) is 0 Å². The molecule has 0 atom stereocenters. The number of halogens is 2. The molecule has 0 heterocycles. The molecule has 0 bridgehead atoms. The van der Waals surface area contributed by atoms with E-state index in [2.05, 4.69) is 47.2 Å². The molecule has 0 amide bonds. The van der Waals surface area contributed by atoms with Gasteiger partial charge in [0.05, 0.1) is 16.4 Å². The van der Waals surface area contributed by atoms with Crippen molar-refractivity contribution in [2.75, 3.05) is 0 Å². The van der Waals surface area contributed by atoms with Gasteiger partial charge < -0.3 is 0 Å². The van der Waals surface area contributed by atoms with Gasteiger partial charge in [0.25, 0.3) is 0 Å². The summed E-state index contributed by atoms with van der Waals surface area (Å²) < 4.78 is 28.0. The van der Waals surface area contributed by atoms with Crippen LogP contribution in [0.2, 0.25) is 0 Å². The second-order valence-corrected chi connectivity index (χ2v) is 5.99. The second-order valence-electron chi connectivity index (χ2n) is 5.81. The van der Waals surface area contributed by atoms with Crippen LogP contribution in [0.5, 0.6) is 0 Å². The summed E-state index contributed by atoms with van der Waals surface area (Å²) >= 11 is 4.44. The standard InChI is InChI=1S/C21H15F2NS/c1-2-14-3-6-17-10-15(4-7-16(17)9-14)5-8-19-20(22)11-18(24-13-25)12-21(19)23/h4,7,9-12H,2-3,6H2,1H3. The lowest BCUT2D eigenvalue weighted by atomic mass is 9.90. The number of fused-ring (bicyclic) bond motifs is 1. The number of hydrogen-bond acceptors (Lipinski definition) is 2. The van der Waals surface area contributed by atoms with Crippen molar-refractivity contribution in [3.63, 3.8) is 0 Å². The van der Waals surface area contributed by atoms with Crippen LogP contribution in [-0.4, -0.2) is 5.16 Å². The van der Waals surface area contributed by atoms with Crippen LogP contribution < -0.4 is 0 Å². The lowest BCUT2D eigenvalue weighted by Gasteiger charge is -2.15. The van der Waals surface area contributed by atoms with Crippen LogP contribution >= 0.6 is 12.2 Å². The molecular formula is C21H15F2NS. The molecule has 0 saturated carbocycles. The molecule has 0 aromatic heterocycles. The predicted molar refractivity (Wildman–Crippen MR) is 100 cm³/mol. The van der Waals surface area contributed by atoms with Gasteiger partial charge in [-0.05, 0) is 54.7 Å². The Morgan fingerprint density at radius 2 is 1.84 bits per heavy atom. The third kappa shape index (κ3) is 3.91. The SMILES string of the molecule is CCC1=Cc2ccc(C#Cc3c(F)cc(N=C=S)cc3F)cc2CC1. The van der Waals surface area contributed by atoms with Crippen molar-refractivity contribution in [1.29, 1.82) is 0 Å². The lowest BCUT2D eigenvalue weighted by Crippen LogP contribution is -1.99. The van der Waals surface area contributed by atoms with Crippen molar-refractivity contribution >= 4 is 29.1 Å². The van der Waals surface area contributed by atoms with Gasteiger partial charge >= 0.3 is 0 Å². The van der Waals surface area contributed by atoms with Gasteiger partial charge in [0.2, 0.25) is 0 Å². The van der Waals surface area contributed by atoms with Gasteiger partial charge in [-0.15, -0.1) is 0 Å². The first-order valence-corrected chi connectivity index (χ1v) is 8.43. The fourth-order valence-corrected chi connectivity index (χ4v) is 2.94. The topological polar surface area (TPSA) is 12.4 Å². The molecule has 0 saturated heterocycles. The number of aryl methyl sites for hydroxylation is 1. The molecule has 0 N–H and O–H groups in total. The average molecular weight is 351 g/mol. The largest absolute Gasteiger partial charge is 0.205 e. The van der Waals surface area contributed by atoms with Crippen LogP contribution in [0.25, 0.3) is 6.08 Å². The molecule has 124 valence electrons. The Labute approximate surface area is 151 Å². The molecule has 2 aromatic carbocycles. The zero-order valence-electron chi connectivity index (χ0n) is 13.7. The maximum absolute atomic E-state index is 14.0. The Morgan fingerprint density at radius 1 is 1.08 bits per heavy atom. The molecule has 0 fully saturated rings. The van der Waals surface area contributed by atoms with E-state index in [4.69, 9.17) is 0 Å². The quantitative estimate of drug-likeness (QED) is 0.376. The minimum absolute atomic E-state index is 0.0860. The van der Waals surface area contributed by atoms with Crippen LogP contribution in [-0.2, 0) is 6.42 Å². The fraction of sp³-hybridized carbons (Fsp3) is 0.190. The molecule has 3 rings (SSSR count). The number of nitrogens with zero attached hydrogens (tertiary/aromatic N) is 1. The predicted octanol–water partition coefficient (Wildman–Crippen LogP) is 5.84. The van der Waals surface area contributed by atoms with Crippen molar-refractivity contribution in [2.24, 2.45) is 4.99 Å². The van der Waals surface area contributed by atoms with Crippen LogP contribution in [0.4, 0.5) is 14.5 Å². The van der Waals surface area contributed by atoms with Crippen molar-refractivity contribution in [3.8, 4) is 11.8 Å². The van der Waals surface area contributed by atoms with E-state index in [-0.39, 0.29) is 11.3 Å². The zero-order chi connectivity index (χ0) is 17.8. The van der Waals surface area contributed by atoms with Crippen molar-refractivity contribution < 1.29 is 8.78 Å². The van der Waals surface area contributed by atoms with E-state index < -0.39 is 11.6 Å². The van der Waals surface area contributed by atoms with Crippen molar-refractivity contribution in [1.82, 2.24) is 0 Å². The lowest BCUT2D eigenvalue weighted by molar-refractivity contribution is 0.578. The summed E-state index contributed by atoms with van der Waals surface area (Å²) in [5.41, 5.74) is 4.42. The average Bonchev–Trinajstić information content (AvgIpc) is 2.60. The highest BCUT2D eigenvalue weighted by Crippen LogP contribution is 2.26. The van der Waals surface area contributed by atoms with Crippen molar-refractivity contribution in [2.45, 2.75) is 26.2 Å². The highest BCUT2D eigenvalue weighted by Gasteiger charge is 2.11. The minimum atomic E-state index is -0.759. The third-order valence-corrected chi connectivity index (χ3v) is 4.30. The normalized spacial score (nSPS) is 12.4. The monoisotopic (exact) mass is 351 g/mol. The summed E-state index contributed by atoms with van der Waals surface area (Å²) in [6.07, 6.45) is 5.29. The molecule has 25 heavy (non-hydrogen) atoms. The van der Waals surface area contributed by atoms with Gasteiger partial charge in [0.15, 0.2) is 0 Å². The number of thiocarbonyl (C=S) groups is 1.